The van der Waals surface area contributed by atoms with Gasteiger partial charge in [0.15, 0.2) is 5.41 Å². The third-order valence-electron chi connectivity index (χ3n) is 4.50. The highest BCUT2D eigenvalue weighted by atomic mass is 19.4. The predicted octanol–water partition coefficient (Wildman–Crippen LogP) is 7.43. The van der Waals surface area contributed by atoms with Crippen molar-refractivity contribution in [3.63, 3.8) is 0 Å². The van der Waals surface area contributed by atoms with Gasteiger partial charge in [0, 0.05) is 0 Å². The molecule has 0 bridgehead atoms. The molecular weight excluding hydrogens is 477 g/mol. The van der Waals surface area contributed by atoms with Gasteiger partial charge in [-0.2, -0.15) is 61.5 Å². The number of benzene rings is 1. The summed E-state index contributed by atoms with van der Waals surface area (Å²) in [5, 5.41) is 0. The molecule has 1 unspecified atom stereocenters. The van der Waals surface area contributed by atoms with Gasteiger partial charge in [-0.05, 0) is 25.8 Å². The van der Waals surface area contributed by atoms with Crippen LogP contribution in [0.3, 0.4) is 0 Å². The molecule has 0 saturated heterocycles. The summed E-state index contributed by atoms with van der Waals surface area (Å²) in [6.07, 6.45) is -34.4. The molecule has 0 saturated carbocycles. The second kappa shape index (κ2) is 7.36. The van der Waals surface area contributed by atoms with Crippen LogP contribution in [-0.4, -0.2) is 36.3 Å². The van der Waals surface area contributed by atoms with Crippen LogP contribution in [0.4, 0.5) is 65.9 Å². The Morgan fingerprint density at radius 1 is 0.516 bits per heavy atom. The monoisotopic (exact) mass is 488 g/mol. The Hall–Kier alpha value is -1.83. The van der Waals surface area contributed by atoms with E-state index >= 15 is 0 Å². The Morgan fingerprint density at radius 2 is 0.871 bits per heavy atom. The van der Waals surface area contributed by atoms with Gasteiger partial charge in [0.2, 0.25) is 0 Å². The van der Waals surface area contributed by atoms with Gasteiger partial charge < -0.3 is 0 Å². The smallest absolute Gasteiger partial charge is 0.222 e. The van der Waals surface area contributed by atoms with E-state index in [1.165, 1.54) is 0 Å². The lowest BCUT2D eigenvalue weighted by Gasteiger charge is -2.50. The van der Waals surface area contributed by atoms with Crippen molar-refractivity contribution in [2.45, 2.75) is 56.6 Å². The van der Waals surface area contributed by atoms with Gasteiger partial charge >= 0.3 is 36.3 Å². The third-order valence-corrected chi connectivity index (χ3v) is 4.50. The normalized spacial score (nSPS) is 16.9. The Balaban J connectivity index is 4.31. The Morgan fingerprint density at radius 3 is 1.13 bits per heavy atom. The molecule has 0 aliphatic rings. The van der Waals surface area contributed by atoms with E-state index in [0.717, 1.165) is 19.9 Å². The average molecular weight is 488 g/mol. The average Bonchev–Trinajstić information content (AvgIpc) is 2.45. The second-order valence-corrected chi connectivity index (χ2v) is 6.80. The molecule has 0 fully saturated rings. The Bertz CT molecular complexity index is 759. The SMILES string of the molecule is Cc1cc(C)cc(CC(C(F)(F)F)(C(F)(F)C(F)(F)F)C(F)(C(F)(F)F)C(F)(F)F)c1. The molecule has 31 heavy (non-hydrogen) atoms. The molecule has 0 aliphatic carbocycles. The van der Waals surface area contributed by atoms with E-state index < -0.39 is 53.7 Å². The lowest BCUT2D eigenvalue weighted by molar-refractivity contribution is -0.477. The van der Waals surface area contributed by atoms with E-state index in [2.05, 4.69) is 0 Å². The highest BCUT2D eigenvalue weighted by molar-refractivity contribution is 5.32. The first-order valence-electron chi connectivity index (χ1n) is 7.77. The van der Waals surface area contributed by atoms with Crippen molar-refractivity contribution in [3.05, 3.63) is 34.9 Å². The van der Waals surface area contributed by atoms with Crippen LogP contribution in [0.2, 0.25) is 0 Å². The van der Waals surface area contributed by atoms with Crippen molar-refractivity contribution in [1.29, 1.82) is 0 Å². The molecule has 0 N–H and O–H groups in total. The summed E-state index contributed by atoms with van der Waals surface area (Å²) < 4.78 is 201. The standard InChI is InChI=1S/C16H11F15/c1-7-3-8(2)5-9(4-7)6-10(13(20,21)22,12(18,19)16(29,30)31)11(17,14(23,24)25)15(26,27)28/h3-5H,6H2,1-2H3. The zero-order chi connectivity index (χ0) is 25.1. The number of alkyl halides is 15. The van der Waals surface area contributed by atoms with Crippen LogP contribution < -0.4 is 0 Å². The molecule has 1 aromatic carbocycles. The number of aryl methyl sites for hydroxylation is 2. The van der Waals surface area contributed by atoms with Gasteiger partial charge in [0.05, 0.1) is 0 Å². The first kappa shape index (κ1) is 27.2. The topological polar surface area (TPSA) is 0 Å². The maximum atomic E-state index is 14.6. The predicted molar refractivity (Wildman–Crippen MR) is 75.1 cm³/mol. The third kappa shape index (κ3) is 4.03. The van der Waals surface area contributed by atoms with E-state index in [1.54, 1.807) is 0 Å². The first-order valence-corrected chi connectivity index (χ1v) is 7.77. The summed E-state index contributed by atoms with van der Waals surface area (Å²) in [7, 11) is 0. The van der Waals surface area contributed by atoms with Crippen LogP contribution in [-0.2, 0) is 6.42 Å². The maximum absolute atomic E-state index is 14.6. The Kier molecular flexibility index (Phi) is 6.46. The molecule has 1 atom stereocenters. The Labute approximate surface area is 164 Å². The van der Waals surface area contributed by atoms with Crippen molar-refractivity contribution >= 4 is 0 Å². The fourth-order valence-electron chi connectivity index (χ4n) is 3.29. The van der Waals surface area contributed by atoms with E-state index in [9.17, 15) is 65.9 Å². The van der Waals surface area contributed by atoms with E-state index in [1.807, 2.05) is 0 Å². The van der Waals surface area contributed by atoms with Gasteiger partial charge in [-0.3, -0.25) is 0 Å². The van der Waals surface area contributed by atoms with Crippen LogP contribution in [0.1, 0.15) is 16.7 Å². The zero-order valence-corrected chi connectivity index (χ0v) is 15.1. The minimum atomic E-state index is -8.04. The number of hydrogen-bond acceptors (Lipinski definition) is 0. The molecule has 0 nitrogen and oxygen atoms in total. The van der Waals surface area contributed by atoms with Gasteiger partial charge in [0.1, 0.15) is 0 Å². The summed E-state index contributed by atoms with van der Waals surface area (Å²) in [4.78, 5) is 0. The number of rotatable bonds is 4. The van der Waals surface area contributed by atoms with Crippen LogP contribution in [0.25, 0.3) is 0 Å². The summed E-state index contributed by atoms with van der Waals surface area (Å²) >= 11 is 0. The zero-order valence-electron chi connectivity index (χ0n) is 15.1. The molecule has 0 amide bonds. The maximum Gasteiger partial charge on any atom is 0.454 e. The largest absolute Gasteiger partial charge is 0.454 e. The molecule has 0 radical (unpaired) electrons. The van der Waals surface area contributed by atoms with Crippen molar-refractivity contribution in [2.24, 2.45) is 5.41 Å². The first-order chi connectivity index (χ1) is 13.4. The molecule has 1 aromatic rings. The molecule has 0 aromatic heterocycles. The molecule has 0 heterocycles. The van der Waals surface area contributed by atoms with E-state index in [-0.39, 0.29) is 11.1 Å². The quantitative estimate of drug-likeness (QED) is 0.387. The number of hydrogen-bond donors (Lipinski definition) is 0. The van der Waals surface area contributed by atoms with Crippen LogP contribution in [0.15, 0.2) is 18.2 Å². The molecule has 0 aliphatic heterocycles. The van der Waals surface area contributed by atoms with Crippen molar-refractivity contribution in [2.75, 3.05) is 0 Å². The van der Waals surface area contributed by atoms with Gasteiger partial charge in [-0.15, -0.1) is 0 Å². The van der Waals surface area contributed by atoms with E-state index in [0.29, 0.717) is 12.1 Å². The van der Waals surface area contributed by atoms with E-state index in [4.69, 9.17) is 0 Å². The minimum Gasteiger partial charge on any atom is -0.222 e. The van der Waals surface area contributed by atoms with Crippen LogP contribution in [0.5, 0.6) is 0 Å². The summed E-state index contributed by atoms with van der Waals surface area (Å²) in [6.45, 7) is 2.04. The summed E-state index contributed by atoms with van der Waals surface area (Å²) in [5.74, 6) is -7.87. The molecular formula is C16H11F15. The summed E-state index contributed by atoms with van der Waals surface area (Å²) in [6, 6.07) is 1.76. The van der Waals surface area contributed by atoms with Gasteiger partial charge in [0.25, 0.3) is 0 Å². The van der Waals surface area contributed by atoms with Gasteiger partial charge in [-0.1, -0.05) is 29.3 Å². The highest BCUT2D eigenvalue weighted by Crippen LogP contribution is 2.70. The lowest BCUT2D eigenvalue weighted by atomic mass is 9.62. The van der Waals surface area contributed by atoms with Crippen molar-refractivity contribution in [3.8, 4) is 0 Å². The minimum absolute atomic E-state index is 0.204. The number of halogens is 15. The molecule has 0 spiro atoms. The van der Waals surface area contributed by atoms with Crippen molar-refractivity contribution in [1.82, 2.24) is 0 Å². The van der Waals surface area contributed by atoms with Crippen LogP contribution >= 0.6 is 0 Å². The fourth-order valence-corrected chi connectivity index (χ4v) is 3.29. The fraction of sp³-hybridized carbons (Fsp3) is 0.625. The van der Waals surface area contributed by atoms with Crippen LogP contribution in [0, 0.1) is 19.3 Å². The summed E-state index contributed by atoms with van der Waals surface area (Å²) in [5.41, 5.74) is -17.2. The second-order valence-electron chi connectivity index (χ2n) is 6.80. The molecule has 180 valence electrons. The van der Waals surface area contributed by atoms with Crippen molar-refractivity contribution < 1.29 is 65.9 Å². The highest BCUT2D eigenvalue weighted by Gasteiger charge is 2.96. The lowest BCUT2D eigenvalue weighted by Crippen LogP contribution is -2.77. The molecule has 1 rings (SSSR count). The molecule has 15 heteroatoms. The van der Waals surface area contributed by atoms with Gasteiger partial charge in [-0.25, -0.2) is 4.39 Å².